The summed E-state index contributed by atoms with van der Waals surface area (Å²) in [6.07, 6.45) is 4.43. The molecule has 0 saturated heterocycles. The molecule has 3 heterocycles. The number of dihydropyridines is 1. The molecule has 0 radical (unpaired) electrons. The van der Waals surface area contributed by atoms with Gasteiger partial charge in [0.05, 0.1) is 18.7 Å². The van der Waals surface area contributed by atoms with Gasteiger partial charge in [-0.2, -0.15) is 0 Å². The van der Waals surface area contributed by atoms with Crippen LogP contribution >= 0.6 is 0 Å². The number of methoxy groups -OCH3 is 1. The molecule has 2 N–H and O–H groups in total. The molecule has 1 aliphatic carbocycles. The van der Waals surface area contributed by atoms with E-state index in [-0.39, 0.29) is 17.6 Å². The number of hydrogen-bond acceptors (Lipinski definition) is 6. The van der Waals surface area contributed by atoms with Gasteiger partial charge in [-0.15, -0.1) is 0 Å². The Hall–Kier alpha value is -4.26. The van der Waals surface area contributed by atoms with Gasteiger partial charge in [0.2, 0.25) is 0 Å². The van der Waals surface area contributed by atoms with Crippen LogP contribution in [0.2, 0.25) is 0 Å². The van der Waals surface area contributed by atoms with E-state index in [2.05, 4.69) is 20.6 Å². The number of allylic oxidation sites excluding steroid dienone is 3. The number of amides is 1. The molecule has 7 nitrogen and oxygen atoms in total. The molecule has 2 aliphatic rings. The highest BCUT2D eigenvalue weighted by molar-refractivity contribution is 6.09. The van der Waals surface area contributed by atoms with Gasteiger partial charge < -0.3 is 15.4 Å². The van der Waals surface area contributed by atoms with E-state index in [9.17, 15) is 9.59 Å². The highest BCUT2D eigenvalue weighted by Crippen LogP contribution is 2.45. The van der Waals surface area contributed by atoms with Gasteiger partial charge in [0, 0.05) is 41.4 Å². The number of anilines is 1. The first-order valence-electron chi connectivity index (χ1n) is 12.0. The molecular formula is C29H28N4O3. The van der Waals surface area contributed by atoms with E-state index < -0.39 is 5.92 Å². The number of nitrogens with zero attached hydrogens (tertiary/aromatic N) is 2. The third-order valence-corrected chi connectivity index (χ3v) is 6.80. The van der Waals surface area contributed by atoms with Crippen LogP contribution in [0.5, 0.6) is 5.75 Å². The number of aryl methyl sites for hydroxylation is 1. The molecule has 3 aromatic rings. The number of nitrogens with one attached hydrogen (secondary N) is 2. The number of carbonyl (C=O) groups is 2. The Balaban J connectivity index is 1.51. The van der Waals surface area contributed by atoms with Gasteiger partial charge in [-0.25, -0.2) is 4.98 Å². The van der Waals surface area contributed by atoms with Gasteiger partial charge in [0.15, 0.2) is 5.78 Å². The minimum absolute atomic E-state index is 0.0199. The lowest BCUT2D eigenvalue weighted by Gasteiger charge is -2.36. The average Bonchev–Trinajstić information content (AvgIpc) is 2.89. The standard InChI is InChI=1S/C29H28N4O3/c1-17-7-12-25(31-16-17)33-29(35)26-18(2)32-23-14-20(19-8-10-21(36-3)11-9-19)15-24(34)27(23)28(26)22-6-4-5-13-30-22/h4-13,16,20,28,32H,14-15H2,1-3H3,(H,31,33,35)/t20-,28-/m0/s1. The number of ether oxygens (including phenoxy) is 1. The van der Waals surface area contributed by atoms with Crippen LogP contribution in [0, 0.1) is 6.92 Å². The molecule has 1 aromatic carbocycles. The Morgan fingerprint density at radius 3 is 2.50 bits per heavy atom. The second kappa shape index (κ2) is 9.77. The first kappa shape index (κ1) is 23.5. The number of aromatic nitrogens is 2. The number of benzene rings is 1. The summed E-state index contributed by atoms with van der Waals surface area (Å²) in [5.74, 6) is 0.440. The molecule has 1 amide bonds. The predicted octanol–water partition coefficient (Wildman–Crippen LogP) is 4.79. The summed E-state index contributed by atoms with van der Waals surface area (Å²) in [7, 11) is 1.64. The minimum atomic E-state index is -0.558. The zero-order valence-electron chi connectivity index (χ0n) is 20.5. The van der Waals surface area contributed by atoms with Crippen LogP contribution in [-0.2, 0) is 9.59 Å². The van der Waals surface area contributed by atoms with Crippen LogP contribution in [0.25, 0.3) is 0 Å². The largest absolute Gasteiger partial charge is 0.497 e. The normalized spacial score (nSPS) is 19.5. The van der Waals surface area contributed by atoms with Crippen molar-refractivity contribution in [3.8, 4) is 5.75 Å². The zero-order valence-corrected chi connectivity index (χ0v) is 20.5. The fraction of sp³-hybridized carbons (Fsp3) is 0.241. The molecular weight excluding hydrogens is 452 g/mol. The topological polar surface area (TPSA) is 93.2 Å². The number of carbonyl (C=O) groups excluding carboxylic acids is 2. The van der Waals surface area contributed by atoms with Gasteiger partial charge in [-0.05, 0) is 67.6 Å². The summed E-state index contributed by atoms with van der Waals surface area (Å²) < 4.78 is 5.28. The number of hydrogen-bond donors (Lipinski definition) is 2. The first-order valence-corrected chi connectivity index (χ1v) is 12.0. The average molecular weight is 481 g/mol. The van der Waals surface area contributed by atoms with Crippen molar-refractivity contribution < 1.29 is 14.3 Å². The molecule has 0 saturated carbocycles. The van der Waals surface area contributed by atoms with E-state index in [1.165, 1.54) is 0 Å². The number of Topliss-reactive ketones (excluding diaryl/α,β-unsaturated/α-hetero) is 1. The summed E-state index contributed by atoms with van der Waals surface area (Å²) in [5.41, 5.74) is 5.41. The Labute approximate surface area is 210 Å². The lowest BCUT2D eigenvalue weighted by atomic mass is 9.72. The molecule has 5 rings (SSSR count). The third-order valence-electron chi connectivity index (χ3n) is 6.80. The number of ketones is 1. The molecule has 1 aliphatic heterocycles. The molecule has 0 bridgehead atoms. The Morgan fingerprint density at radius 2 is 1.83 bits per heavy atom. The number of pyridine rings is 2. The Kier molecular flexibility index (Phi) is 6.38. The molecule has 182 valence electrons. The van der Waals surface area contributed by atoms with Gasteiger partial charge >= 0.3 is 0 Å². The van der Waals surface area contributed by atoms with Crippen LogP contribution in [0.4, 0.5) is 5.82 Å². The van der Waals surface area contributed by atoms with Gasteiger partial charge in [-0.1, -0.05) is 24.3 Å². The Morgan fingerprint density at radius 1 is 1.03 bits per heavy atom. The third kappa shape index (κ3) is 4.52. The van der Waals surface area contributed by atoms with E-state index in [1.807, 2.05) is 62.4 Å². The van der Waals surface area contributed by atoms with Crippen molar-refractivity contribution in [1.29, 1.82) is 0 Å². The summed E-state index contributed by atoms with van der Waals surface area (Å²) >= 11 is 0. The van der Waals surface area contributed by atoms with Crippen molar-refractivity contribution in [2.45, 2.75) is 38.5 Å². The van der Waals surface area contributed by atoms with E-state index >= 15 is 0 Å². The highest BCUT2D eigenvalue weighted by atomic mass is 16.5. The summed E-state index contributed by atoms with van der Waals surface area (Å²) in [6.45, 7) is 3.81. The maximum absolute atomic E-state index is 13.7. The highest BCUT2D eigenvalue weighted by Gasteiger charge is 2.41. The van der Waals surface area contributed by atoms with E-state index in [0.29, 0.717) is 41.2 Å². The Bertz CT molecular complexity index is 1360. The van der Waals surface area contributed by atoms with Gasteiger partial charge in [0.1, 0.15) is 11.6 Å². The monoisotopic (exact) mass is 480 g/mol. The van der Waals surface area contributed by atoms with Crippen molar-refractivity contribution in [1.82, 2.24) is 15.3 Å². The molecule has 2 atom stereocenters. The lowest BCUT2D eigenvalue weighted by molar-refractivity contribution is -0.116. The zero-order chi connectivity index (χ0) is 25.2. The second-order valence-corrected chi connectivity index (χ2v) is 9.22. The SMILES string of the molecule is COc1ccc([C@@H]2CC(=O)C3=C(C2)NC(C)=C(C(=O)Nc2ccc(C)cn2)[C@@H]3c2ccccn2)cc1. The second-order valence-electron chi connectivity index (χ2n) is 9.22. The number of rotatable bonds is 5. The minimum Gasteiger partial charge on any atom is -0.497 e. The fourth-order valence-electron chi connectivity index (χ4n) is 5.02. The van der Waals surface area contributed by atoms with E-state index in [0.717, 1.165) is 22.6 Å². The van der Waals surface area contributed by atoms with Crippen LogP contribution in [0.3, 0.4) is 0 Å². The lowest BCUT2D eigenvalue weighted by Crippen LogP contribution is -2.37. The summed E-state index contributed by atoms with van der Waals surface area (Å²) in [5, 5.41) is 6.30. The van der Waals surface area contributed by atoms with E-state index in [4.69, 9.17) is 4.74 Å². The predicted molar refractivity (Wildman–Crippen MR) is 137 cm³/mol. The van der Waals surface area contributed by atoms with Gasteiger partial charge in [-0.3, -0.25) is 14.6 Å². The van der Waals surface area contributed by atoms with Crippen LogP contribution in [0.15, 0.2) is 89.5 Å². The van der Waals surface area contributed by atoms with Crippen molar-refractivity contribution in [2.24, 2.45) is 0 Å². The summed E-state index contributed by atoms with van der Waals surface area (Å²) in [6, 6.07) is 17.1. The maximum atomic E-state index is 13.7. The van der Waals surface area contributed by atoms with Crippen molar-refractivity contribution >= 4 is 17.5 Å². The van der Waals surface area contributed by atoms with Crippen molar-refractivity contribution in [3.05, 3.63) is 106 Å². The van der Waals surface area contributed by atoms with Crippen LogP contribution in [0.1, 0.15) is 48.4 Å². The molecule has 7 heteroatoms. The van der Waals surface area contributed by atoms with Crippen LogP contribution in [-0.4, -0.2) is 28.8 Å². The van der Waals surface area contributed by atoms with Gasteiger partial charge in [0.25, 0.3) is 5.91 Å². The maximum Gasteiger partial charge on any atom is 0.255 e. The van der Waals surface area contributed by atoms with Crippen molar-refractivity contribution in [3.63, 3.8) is 0 Å². The molecule has 0 fully saturated rings. The molecule has 2 aromatic heterocycles. The smallest absolute Gasteiger partial charge is 0.255 e. The quantitative estimate of drug-likeness (QED) is 0.545. The first-order chi connectivity index (χ1) is 17.4. The molecule has 0 spiro atoms. The molecule has 36 heavy (non-hydrogen) atoms. The molecule has 0 unspecified atom stereocenters. The van der Waals surface area contributed by atoms with Crippen molar-refractivity contribution in [2.75, 3.05) is 12.4 Å². The fourth-order valence-corrected chi connectivity index (χ4v) is 5.02. The summed E-state index contributed by atoms with van der Waals surface area (Å²) in [4.78, 5) is 36.1. The van der Waals surface area contributed by atoms with E-state index in [1.54, 1.807) is 25.6 Å². The van der Waals surface area contributed by atoms with Crippen LogP contribution < -0.4 is 15.4 Å².